The smallest absolute Gasteiger partial charge is 0.0926 e. The predicted octanol–water partition coefficient (Wildman–Crippen LogP) is 2.87. The zero-order chi connectivity index (χ0) is 7.68. The third-order valence-corrected chi connectivity index (χ3v) is 2.37. The van der Waals surface area contributed by atoms with E-state index in [1.54, 1.807) is 0 Å². The lowest BCUT2D eigenvalue weighted by atomic mass is 9.88. The van der Waals surface area contributed by atoms with E-state index in [0.717, 1.165) is 25.7 Å². The number of hydrogen-bond donors (Lipinski definition) is 1. The molecule has 0 atom stereocenters. The zero-order valence-electron chi connectivity index (χ0n) is 6.51. The maximum atomic E-state index is 9.25. The molecule has 0 aromatic heterocycles. The fourth-order valence-electron chi connectivity index (χ4n) is 1.70. The van der Waals surface area contributed by atoms with Crippen LogP contribution >= 0.6 is 0 Å². The molecule has 0 unspecified atom stereocenters. The fourth-order valence-corrected chi connectivity index (χ4v) is 1.70. The lowest BCUT2D eigenvalue weighted by Crippen LogP contribution is -2.01. The summed E-state index contributed by atoms with van der Waals surface area (Å²) in [5, 5.41) is 9.25. The van der Waals surface area contributed by atoms with E-state index in [2.05, 4.69) is 12.2 Å². The molecule has 0 bridgehead atoms. The molecular formula is C10H12O. The van der Waals surface area contributed by atoms with E-state index in [0.29, 0.717) is 5.76 Å². The molecule has 0 aromatic rings. The summed E-state index contributed by atoms with van der Waals surface area (Å²) in [5.41, 5.74) is 2.96. The van der Waals surface area contributed by atoms with E-state index in [1.807, 2.05) is 6.08 Å². The standard InChI is InChI=1S/C10H12O/c11-10-6-5-8-3-1-2-4-9(8)7-10/h1-2,6,11H,3-5,7H2. The van der Waals surface area contributed by atoms with Crippen LogP contribution in [0.3, 0.4) is 0 Å². The first-order chi connectivity index (χ1) is 5.36. The molecule has 0 radical (unpaired) electrons. The average molecular weight is 148 g/mol. The van der Waals surface area contributed by atoms with Crippen LogP contribution < -0.4 is 0 Å². The quantitative estimate of drug-likeness (QED) is 0.524. The second-order valence-electron chi connectivity index (χ2n) is 3.16. The minimum atomic E-state index is 0.555. The number of aliphatic hydroxyl groups is 1. The molecule has 0 fully saturated rings. The molecular weight excluding hydrogens is 136 g/mol. The summed E-state index contributed by atoms with van der Waals surface area (Å²) < 4.78 is 0. The molecule has 58 valence electrons. The molecule has 2 aliphatic carbocycles. The van der Waals surface area contributed by atoms with Gasteiger partial charge in [-0.1, -0.05) is 23.3 Å². The van der Waals surface area contributed by atoms with Gasteiger partial charge < -0.3 is 5.11 Å². The lowest BCUT2D eigenvalue weighted by Gasteiger charge is -2.19. The topological polar surface area (TPSA) is 20.2 Å². The maximum absolute atomic E-state index is 9.25. The predicted molar refractivity (Wildman–Crippen MR) is 45.3 cm³/mol. The Hall–Kier alpha value is -0.980. The fraction of sp³-hybridized carbons (Fsp3) is 0.400. The Kier molecular flexibility index (Phi) is 1.57. The Labute approximate surface area is 66.7 Å². The van der Waals surface area contributed by atoms with E-state index >= 15 is 0 Å². The first kappa shape index (κ1) is 6.71. The van der Waals surface area contributed by atoms with E-state index in [-0.39, 0.29) is 0 Å². The van der Waals surface area contributed by atoms with Crippen LogP contribution in [-0.4, -0.2) is 5.11 Å². The summed E-state index contributed by atoms with van der Waals surface area (Å²) in [6, 6.07) is 0. The van der Waals surface area contributed by atoms with Gasteiger partial charge in [-0.25, -0.2) is 0 Å². The normalized spacial score (nSPS) is 23.1. The van der Waals surface area contributed by atoms with Crippen molar-refractivity contribution in [1.82, 2.24) is 0 Å². The van der Waals surface area contributed by atoms with Crippen molar-refractivity contribution >= 4 is 0 Å². The van der Waals surface area contributed by atoms with Crippen molar-refractivity contribution in [3.63, 3.8) is 0 Å². The SMILES string of the molecule is OC1=CCC2=C(CC=CC2)C1. The van der Waals surface area contributed by atoms with Gasteiger partial charge in [-0.3, -0.25) is 0 Å². The Balaban J connectivity index is 2.18. The summed E-state index contributed by atoms with van der Waals surface area (Å²) in [4.78, 5) is 0. The highest BCUT2D eigenvalue weighted by molar-refractivity contribution is 5.32. The van der Waals surface area contributed by atoms with Gasteiger partial charge in [0.25, 0.3) is 0 Å². The molecule has 0 amide bonds. The van der Waals surface area contributed by atoms with Crippen LogP contribution in [-0.2, 0) is 0 Å². The van der Waals surface area contributed by atoms with Crippen molar-refractivity contribution in [2.75, 3.05) is 0 Å². The Morgan fingerprint density at radius 2 is 1.73 bits per heavy atom. The second kappa shape index (κ2) is 2.57. The molecule has 0 saturated carbocycles. The molecule has 0 aliphatic heterocycles. The molecule has 1 heteroatoms. The van der Waals surface area contributed by atoms with Gasteiger partial charge in [-0.15, -0.1) is 0 Å². The summed E-state index contributed by atoms with van der Waals surface area (Å²) in [6.45, 7) is 0. The van der Waals surface area contributed by atoms with Gasteiger partial charge in [0, 0.05) is 6.42 Å². The number of hydrogen-bond acceptors (Lipinski definition) is 1. The van der Waals surface area contributed by atoms with Crippen LogP contribution in [0, 0.1) is 0 Å². The van der Waals surface area contributed by atoms with Crippen LogP contribution in [0.4, 0.5) is 0 Å². The highest BCUT2D eigenvalue weighted by Gasteiger charge is 2.13. The Bertz CT molecular complexity index is 256. The number of aliphatic hydroxyl groups excluding tert-OH is 1. The third kappa shape index (κ3) is 1.23. The minimum Gasteiger partial charge on any atom is -0.512 e. The van der Waals surface area contributed by atoms with Crippen molar-refractivity contribution in [3.05, 3.63) is 35.1 Å². The first-order valence-corrected chi connectivity index (χ1v) is 4.09. The van der Waals surface area contributed by atoms with Crippen molar-refractivity contribution in [3.8, 4) is 0 Å². The molecule has 0 heterocycles. The number of allylic oxidation sites excluding steroid dienone is 5. The highest BCUT2D eigenvalue weighted by atomic mass is 16.3. The van der Waals surface area contributed by atoms with Gasteiger partial charge in [0.2, 0.25) is 0 Å². The van der Waals surface area contributed by atoms with E-state index in [9.17, 15) is 5.11 Å². The van der Waals surface area contributed by atoms with Gasteiger partial charge in [0.05, 0.1) is 5.76 Å². The lowest BCUT2D eigenvalue weighted by molar-refractivity contribution is 0.390. The van der Waals surface area contributed by atoms with Gasteiger partial charge in [-0.2, -0.15) is 0 Å². The molecule has 2 rings (SSSR count). The van der Waals surface area contributed by atoms with Gasteiger partial charge in [0.1, 0.15) is 0 Å². The zero-order valence-corrected chi connectivity index (χ0v) is 6.51. The summed E-state index contributed by atoms with van der Waals surface area (Å²) in [5.74, 6) is 0.555. The van der Waals surface area contributed by atoms with Crippen molar-refractivity contribution in [1.29, 1.82) is 0 Å². The molecule has 0 saturated heterocycles. The summed E-state index contributed by atoms with van der Waals surface area (Å²) in [7, 11) is 0. The third-order valence-electron chi connectivity index (χ3n) is 2.37. The molecule has 0 aromatic carbocycles. The largest absolute Gasteiger partial charge is 0.512 e. The van der Waals surface area contributed by atoms with Crippen molar-refractivity contribution in [2.45, 2.75) is 25.7 Å². The Morgan fingerprint density at radius 1 is 1.00 bits per heavy atom. The van der Waals surface area contributed by atoms with Crippen molar-refractivity contribution in [2.24, 2.45) is 0 Å². The first-order valence-electron chi connectivity index (χ1n) is 4.09. The van der Waals surface area contributed by atoms with Crippen LogP contribution in [0.15, 0.2) is 35.1 Å². The van der Waals surface area contributed by atoms with E-state index in [1.165, 1.54) is 11.1 Å². The second-order valence-corrected chi connectivity index (χ2v) is 3.16. The van der Waals surface area contributed by atoms with Crippen LogP contribution in [0.2, 0.25) is 0 Å². The van der Waals surface area contributed by atoms with Crippen LogP contribution in [0.1, 0.15) is 25.7 Å². The summed E-state index contributed by atoms with van der Waals surface area (Å²) >= 11 is 0. The van der Waals surface area contributed by atoms with Gasteiger partial charge in [-0.05, 0) is 25.3 Å². The van der Waals surface area contributed by atoms with Crippen LogP contribution in [0.5, 0.6) is 0 Å². The van der Waals surface area contributed by atoms with Crippen molar-refractivity contribution < 1.29 is 5.11 Å². The van der Waals surface area contributed by atoms with Gasteiger partial charge >= 0.3 is 0 Å². The average Bonchev–Trinajstić information content (AvgIpc) is 2.04. The monoisotopic (exact) mass is 148 g/mol. The number of rotatable bonds is 0. The molecule has 2 aliphatic rings. The van der Waals surface area contributed by atoms with Gasteiger partial charge in [0.15, 0.2) is 0 Å². The maximum Gasteiger partial charge on any atom is 0.0926 e. The van der Waals surface area contributed by atoms with E-state index < -0.39 is 0 Å². The Morgan fingerprint density at radius 3 is 2.55 bits per heavy atom. The summed E-state index contributed by atoms with van der Waals surface area (Å²) in [6.07, 6.45) is 10.2. The molecule has 0 spiro atoms. The molecule has 1 nitrogen and oxygen atoms in total. The molecule has 11 heavy (non-hydrogen) atoms. The van der Waals surface area contributed by atoms with Crippen LogP contribution in [0.25, 0.3) is 0 Å². The van der Waals surface area contributed by atoms with E-state index in [4.69, 9.17) is 0 Å². The highest BCUT2D eigenvalue weighted by Crippen LogP contribution is 2.30. The minimum absolute atomic E-state index is 0.555. The molecule has 1 N–H and O–H groups in total.